The van der Waals surface area contributed by atoms with Crippen LogP contribution in [0.2, 0.25) is 5.02 Å². The Morgan fingerprint density at radius 3 is 2.60 bits per heavy atom. The standard InChI is InChI=1S/C12H18ClNO/c1-15-10-2-8-14-9-7-11-3-5-12(13)6-4-11/h3-6,14H,2,7-10H2,1H3. The van der Waals surface area contributed by atoms with Gasteiger partial charge in [0, 0.05) is 18.7 Å². The molecule has 0 fully saturated rings. The lowest BCUT2D eigenvalue weighted by molar-refractivity contribution is 0.194. The van der Waals surface area contributed by atoms with E-state index in [1.807, 2.05) is 12.1 Å². The zero-order chi connectivity index (χ0) is 10.9. The third-order valence-corrected chi connectivity index (χ3v) is 2.46. The molecule has 2 nitrogen and oxygen atoms in total. The van der Waals surface area contributed by atoms with E-state index < -0.39 is 0 Å². The van der Waals surface area contributed by atoms with Gasteiger partial charge in [-0.05, 0) is 43.6 Å². The molecule has 0 amide bonds. The van der Waals surface area contributed by atoms with Crippen LogP contribution in [-0.4, -0.2) is 26.8 Å². The van der Waals surface area contributed by atoms with Crippen molar-refractivity contribution in [1.29, 1.82) is 0 Å². The van der Waals surface area contributed by atoms with Crippen LogP contribution in [0.5, 0.6) is 0 Å². The van der Waals surface area contributed by atoms with Gasteiger partial charge in [0.1, 0.15) is 0 Å². The second kappa shape index (κ2) is 7.69. The summed E-state index contributed by atoms with van der Waals surface area (Å²) in [6.45, 7) is 2.85. The maximum Gasteiger partial charge on any atom is 0.0474 e. The molecule has 0 radical (unpaired) electrons. The molecule has 3 heteroatoms. The minimum atomic E-state index is 0.798. The predicted molar refractivity (Wildman–Crippen MR) is 64.5 cm³/mol. The van der Waals surface area contributed by atoms with Crippen LogP contribution >= 0.6 is 11.6 Å². The van der Waals surface area contributed by atoms with Gasteiger partial charge in [-0.1, -0.05) is 23.7 Å². The Morgan fingerprint density at radius 1 is 1.20 bits per heavy atom. The molecule has 0 bridgehead atoms. The Bertz CT molecular complexity index is 261. The molecular formula is C12H18ClNO. The Labute approximate surface area is 96.6 Å². The lowest BCUT2D eigenvalue weighted by Crippen LogP contribution is -2.19. The minimum Gasteiger partial charge on any atom is -0.385 e. The first-order chi connectivity index (χ1) is 7.33. The number of hydrogen-bond acceptors (Lipinski definition) is 2. The monoisotopic (exact) mass is 227 g/mol. The van der Waals surface area contributed by atoms with Crippen LogP contribution in [0.25, 0.3) is 0 Å². The number of nitrogens with one attached hydrogen (secondary N) is 1. The average molecular weight is 228 g/mol. The summed E-state index contributed by atoms with van der Waals surface area (Å²) < 4.78 is 4.97. The predicted octanol–water partition coefficient (Wildman–Crippen LogP) is 2.51. The van der Waals surface area contributed by atoms with Crippen molar-refractivity contribution < 1.29 is 4.74 Å². The molecule has 0 aliphatic heterocycles. The van der Waals surface area contributed by atoms with Crippen LogP contribution in [0.15, 0.2) is 24.3 Å². The Hall–Kier alpha value is -0.570. The molecule has 0 aromatic heterocycles. The van der Waals surface area contributed by atoms with Crippen molar-refractivity contribution in [3.8, 4) is 0 Å². The highest BCUT2D eigenvalue weighted by Crippen LogP contribution is 2.09. The quantitative estimate of drug-likeness (QED) is 0.723. The molecule has 0 spiro atoms. The number of hydrogen-bond donors (Lipinski definition) is 1. The van der Waals surface area contributed by atoms with E-state index in [2.05, 4.69) is 17.4 Å². The molecule has 1 N–H and O–H groups in total. The van der Waals surface area contributed by atoms with Crippen molar-refractivity contribution in [3.63, 3.8) is 0 Å². The number of halogens is 1. The Morgan fingerprint density at radius 2 is 1.93 bits per heavy atom. The van der Waals surface area contributed by atoms with E-state index in [4.69, 9.17) is 16.3 Å². The van der Waals surface area contributed by atoms with Crippen molar-refractivity contribution in [2.45, 2.75) is 12.8 Å². The molecule has 1 rings (SSSR count). The van der Waals surface area contributed by atoms with E-state index in [1.54, 1.807) is 7.11 Å². The summed E-state index contributed by atoms with van der Waals surface area (Å²) in [6, 6.07) is 8.00. The zero-order valence-electron chi connectivity index (χ0n) is 9.13. The first kappa shape index (κ1) is 12.5. The van der Waals surface area contributed by atoms with Crippen LogP contribution < -0.4 is 5.32 Å². The summed E-state index contributed by atoms with van der Waals surface area (Å²) in [5, 5.41) is 4.17. The molecule has 0 unspecified atom stereocenters. The average Bonchev–Trinajstić information content (AvgIpc) is 2.26. The van der Waals surface area contributed by atoms with Crippen molar-refractivity contribution >= 4 is 11.6 Å². The van der Waals surface area contributed by atoms with Crippen LogP contribution in [0.1, 0.15) is 12.0 Å². The molecule has 0 saturated carbocycles. The van der Waals surface area contributed by atoms with Crippen LogP contribution in [0.4, 0.5) is 0 Å². The number of methoxy groups -OCH3 is 1. The third kappa shape index (κ3) is 5.78. The Balaban J connectivity index is 2.07. The van der Waals surface area contributed by atoms with Crippen molar-refractivity contribution in [1.82, 2.24) is 5.32 Å². The molecule has 1 aromatic rings. The molecular weight excluding hydrogens is 210 g/mol. The van der Waals surface area contributed by atoms with Crippen LogP contribution in [0, 0.1) is 0 Å². The van der Waals surface area contributed by atoms with Gasteiger partial charge in [-0.15, -0.1) is 0 Å². The highest BCUT2D eigenvalue weighted by atomic mass is 35.5. The summed E-state index contributed by atoms with van der Waals surface area (Å²) >= 11 is 5.80. The van der Waals surface area contributed by atoms with E-state index in [9.17, 15) is 0 Å². The minimum absolute atomic E-state index is 0.798. The van der Waals surface area contributed by atoms with Crippen molar-refractivity contribution in [2.24, 2.45) is 0 Å². The van der Waals surface area contributed by atoms with Gasteiger partial charge in [-0.3, -0.25) is 0 Å². The van der Waals surface area contributed by atoms with Gasteiger partial charge in [0.15, 0.2) is 0 Å². The highest BCUT2D eigenvalue weighted by molar-refractivity contribution is 6.30. The van der Waals surface area contributed by atoms with Gasteiger partial charge >= 0.3 is 0 Å². The molecule has 1 aromatic carbocycles. The zero-order valence-corrected chi connectivity index (χ0v) is 9.89. The second-order valence-corrected chi connectivity index (χ2v) is 3.91. The SMILES string of the molecule is COCCCNCCc1ccc(Cl)cc1. The van der Waals surface area contributed by atoms with Gasteiger partial charge in [0.05, 0.1) is 0 Å². The number of ether oxygens (including phenoxy) is 1. The van der Waals surface area contributed by atoms with Gasteiger partial charge in [-0.2, -0.15) is 0 Å². The van der Waals surface area contributed by atoms with Crippen LogP contribution in [0.3, 0.4) is 0 Å². The first-order valence-electron chi connectivity index (χ1n) is 5.27. The molecule has 0 heterocycles. The van der Waals surface area contributed by atoms with Gasteiger partial charge in [0.2, 0.25) is 0 Å². The fourth-order valence-electron chi connectivity index (χ4n) is 1.35. The van der Waals surface area contributed by atoms with Gasteiger partial charge < -0.3 is 10.1 Å². The maximum atomic E-state index is 5.80. The first-order valence-corrected chi connectivity index (χ1v) is 5.65. The third-order valence-electron chi connectivity index (χ3n) is 2.21. The van der Waals surface area contributed by atoms with E-state index in [-0.39, 0.29) is 0 Å². The summed E-state index contributed by atoms with van der Waals surface area (Å²) in [6.07, 6.45) is 2.11. The van der Waals surface area contributed by atoms with E-state index in [0.717, 1.165) is 37.6 Å². The topological polar surface area (TPSA) is 21.3 Å². The summed E-state index contributed by atoms with van der Waals surface area (Å²) in [7, 11) is 1.73. The summed E-state index contributed by atoms with van der Waals surface area (Å²) in [5.74, 6) is 0. The van der Waals surface area contributed by atoms with Crippen LogP contribution in [-0.2, 0) is 11.2 Å². The number of benzene rings is 1. The fraction of sp³-hybridized carbons (Fsp3) is 0.500. The van der Waals surface area contributed by atoms with Crippen molar-refractivity contribution in [2.75, 3.05) is 26.8 Å². The highest BCUT2D eigenvalue weighted by Gasteiger charge is 1.93. The van der Waals surface area contributed by atoms with E-state index in [0.29, 0.717) is 0 Å². The molecule has 0 aliphatic carbocycles. The normalized spacial score (nSPS) is 10.5. The van der Waals surface area contributed by atoms with Gasteiger partial charge in [-0.25, -0.2) is 0 Å². The van der Waals surface area contributed by atoms with E-state index >= 15 is 0 Å². The number of rotatable bonds is 7. The lowest BCUT2D eigenvalue weighted by Gasteiger charge is -2.04. The molecule has 0 atom stereocenters. The smallest absolute Gasteiger partial charge is 0.0474 e. The summed E-state index contributed by atoms with van der Waals surface area (Å²) in [4.78, 5) is 0. The molecule has 0 saturated heterocycles. The second-order valence-electron chi connectivity index (χ2n) is 3.47. The molecule has 15 heavy (non-hydrogen) atoms. The van der Waals surface area contributed by atoms with Crippen molar-refractivity contribution in [3.05, 3.63) is 34.9 Å². The maximum absolute atomic E-state index is 5.80. The van der Waals surface area contributed by atoms with Gasteiger partial charge in [0.25, 0.3) is 0 Å². The Kier molecular flexibility index (Phi) is 6.41. The lowest BCUT2D eigenvalue weighted by atomic mass is 10.1. The molecule has 0 aliphatic rings. The van der Waals surface area contributed by atoms with E-state index in [1.165, 1.54) is 5.56 Å². The fourth-order valence-corrected chi connectivity index (χ4v) is 1.48. The largest absolute Gasteiger partial charge is 0.385 e. The molecule has 84 valence electrons. The summed E-state index contributed by atoms with van der Waals surface area (Å²) in [5.41, 5.74) is 1.32.